The number of aliphatic hydroxyl groups is 4. The largest absolute Gasteiger partial charge is 0.389 e. The summed E-state index contributed by atoms with van der Waals surface area (Å²) in [6.07, 6.45) is -0.283. The van der Waals surface area contributed by atoms with Crippen molar-refractivity contribution < 1.29 is 82.2 Å². The van der Waals surface area contributed by atoms with E-state index in [0.717, 1.165) is 43.6 Å². The molecule has 0 aliphatic rings. The summed E-state index contributed by atoms with van der Waals surface area (Å²) in [5.74, 6) is 1.63. The summed E-state index contributed by atoms with van der Waals surface area (Å²) in [5.41, 5.74) is 4.64. The highest BCUT2D eigenvalue weighted by atomic mass is 16.6. The second kappa shape index (κ2) is 37.4. The molecule has 29 heteroatoms. The Labute approximate surface area is 672 Å². The maximum Gasteiger partial charge on any atom is 0.164 e. The van der Waals surface area contributed by atoms with Crippen LogP contribution in [0.1, 0.15) is 108 Å². The molecule has 8 heterocycles. The number of rotatable bonds is 47. The van der Waals surface area contributed by atoms with E-state index in [1.54, 1.807) is 55.4 Å². The number of ketones is 4. The lowest BCUT2D eigenvalue weighted by Gasteiger charge is -2.33. The number of benzene rings is 4. The van der Waals surface area contributed by atoms with Crippen molar-refractivity contribution in [1.82, 2.24) is 58.1 Å². The van der Waals surface area contributed by atoms with E-state index in [9.17, 15) is 39.6 Å². The molecule has 29 nitrogen and oxygen atoms in total. The molecule has 8 aromatic heterocycles. The Kier molecular flexibility index (Phi) is 27.7. The van der Waals surface area contributed by atoms with Gasteiger partial charge in [0, 0.05) is 28.2 Å². The van der Waals surface area contributed by atoms with E-state index in [1.807, 2.05) is 143 Å². The monoisotopic (exact) mass is 1590 g/mol. The predicted octanol–water partition coefficient (Wildman–Crippen LogP) is 9.49. The van der Waals surface area contributed by atoms with Gasteiger partial charge in [0.25, 0.3) is 0 Å². The first-order valence-electron chi connectivity index (χ1n) is 39.5. The number of pyridine rings is 4. The van der Waals surface area contributed by atoms with Gasteiger partial charge in [-0.05, 0) is 107 Å². The molecule has 4 N–H and O–H groups in total. The van der Waals surface area contributed by atoms with E-state index in [-0.39, 0.29) is 187 Å². The van der Waals surface area contributed by atoms with Gasteiger partial charge in [-0.3, -0.25) is 19.2 Å². The molecule has 618 valence electrons. The molecule has 116 heavy (non-hydrogen) atoms. The quantitative estimate of drug-likeness (QED) is 0.0258. The van der Waals surface area contributed by atoms with Crippen LogP contribution in [0.5, 0.6) is 0 Å². The van der Waals surface area contributed by atoms with E-state index in [1.165, 1.54) is 0 Å². The Bertz CT molecular complexity index is 5110. The maximum atomic E-state index is 14.0. The highest BCUT2D eigenvalue weighted by molar-refractivity contribution is 6.08. The van der Waals surface area contributed by atoms with Crippen molar-refractivity contribution in [1.29, 1.82) is 0 Å². The van der Waals surface area contributed by atoms with Gasteiger partial charge in [0.05, 0.1) is 226 Å². The molecule has 4 aromatic carbocycles. The van der Waals surface area contributed by atoms with Crippen molar-refractivity contribution in [3.63, 3.8) is 0 Å². The minimum Gasteiger partial charge on any atom is -0.389 e. The molecular weight excluding hydrogens is 1490 g/mol. The second-order valence-electron chi connectivity index (χ2n) is 32.6. The molecule has 0 aliphatic heterocycles. The molecule has 0 bridgehead atoms. The average molecular weight is 1590 g/mol. The molecule has 0 unspecified atom stereocenters. The van der Waals surface area contributed by atoms with Crippen molar-refractivity contribution in [2.45, 2.75) is 164 Å². The van der Waals surface area contributed by atoms with Crippen molar-refractivity contribution in [3.8, 4) is 0 Å². The number of nitrogens with zero attached hydrogens (tertiary/aromatic N) is 12. The van der Waals surface area contributed by atoms with Gasteiger partial charge in [-0.15, -0.1) is 0 Å². The first kappa shape index (κ1) is 85.9. The summed E-state index contributed by atoms with van der Waals surface area (Å²) >= 11 is 0. The van der Waals surface area contributed by atoms with E-state index in [4.69, 9.17) is 82.5 Å². The number of hydrogen-bond acceptors (Lipinski definition) is 25. The van der Waals surface area contributed by atoms with Crippen LogP contribution in [-0.4, -0.2) is 236 Å². The van der Waals surface area contributed by atoms with Crippen LogP contribution in [0.3, 0.4) is 0 Å². The van der Waals surface area contributed by atoms with E-state index < -0.39 is 27.8 Å². The standard InChI is InChI=1S/C87H108N12O17/c1-13-108-46-74-95-78-73(94-69-29-21-17-25-65(69)82(78)99(74)50-86(11,12)107)41-61(103)45-112-33-37-116-54-87(51-113-34-30-109-42-58(100)38-70-75-79(62-22-14-18-26-66(62)91-70)96(55(2)88-75)47-83(5,6)104,52-114-35-31-110-43-59(101)39-71-76-80(63-23-15-19-27-67(63)92-71)97(56(3)89-76)48-84(7,8)105)53-115-36-32-111-44-60(102)40-72-77-81(64-24-16-20-28-68(64)93-72)98(57(4)90-77)49-85(9,10)106/h14-29,104-107H,13,30-54H2,1-12H3. The Balaban J connectivity index is 0.732. The zero-order valence-corrected chi connectivity index (χ0v) is 68.6. The molecule has 0 spiro atoms. The topological polar surface area (TPSA) is 355 Å². The maximum absolute atomic E-state index is 14.0. The summed E-state index contributed by atoms with van der Waals surface area (Å²) in [4.78, 5) is 94.5. The summed E-state index contributed by atoms with van der Waals surface area (Å²) in [7, 11) is 0. The highest BCUT2D eigenvalue weighted by Gasteiger charge is 2.34. The smallest absolute Gasteiger partial charge is 0.164 e. The minimum atomic E-state index is -1.10. The number of Topliss-reactive ketones (excluding diaryl/α,β-unsaturated/α-hetero) is 4. The molecule has 0 fully saturated rings. The van der Waals surface area contributed by atoms with Crippen molar-refractivity contribution in [2.75, 3.05) is 112 Å². The van der Waals surface area contributed by atoms with Crippen LogP contribution in [-0.2, 0) is 120 Å². The van der Waals surface area contributed by atoms with E-state index >= 15 is 0 Å². The normalized spacial score (nSPS) is 12.8. The third kappa shape index (κ3) is 21.8. The Hall–Kier alpha value is -9.44. The number of imidazole rings is 4. The third-order valence-corrected chi connectivity index (χ3v) is 19.5. The van der Waals surface area contributed by atoms with Gasteiger partial charge in [-0.2, -0.15) is 0 Å². The number of carbonyl (C=O) groups is 4. The summed E-state index contributed by atoms with van der Waals surface area (Å²) in [6.45, 7) is 22.0. The third-order valence-electron chi connectivity index (χ3n) is 19.5. The molecule has 0 atom stereocenters. The summed E-state index contributed by atoms with van der Waals surface area (Å²) in [6, 6.07) is 30.5. The van der Waals surface area contributed by atoms with Crippen LogP contribution in [0.2, 0.25) is 0 Å². The van der Waals surface area contributed by atoms with Crippen LogP contribution >= 0.6 is 0 Å². The fraction of sp³-hybridized carbons (Fsp3) is 0.494. The summed E-state index contributed by atoms with van der Waals surface area (Å²) in [5, 5.41) is 47.1. The number of ether oxygens (including phenoxy) is 9. The number of carbonyl (C=O) groups excluding carboxylic acids is 4. The lowest BCUT2D eigenvalue weighted by Crippen LogP contribution is -2.43. The molecule has 12 rings (SSSR count). The van der Waals surface area contributed by atoms with Crippen LogP contribution < -0.4 is 0 Å². The molecule has 0 aliphatic carbocycles. The van der Waals surface area contributed by atoms with Crippen LogP contribution in [0.15, 0.2) is 97.1 Å². The molecule has 0 radical (unpaired) electrons. The fourth-order valence-corrected chi connectivity index (χ4v) is 14.6. The average Bonchev–Trinajstić information content (AvgIpc) is 1.61. The van der Waals surface area contributed by atoms with Gasteiger partial charge < -0.3 is 81.3 Å². The van der Waals surface area contributed by atoms with Crippen LogP contribution in [0.4, 0.5) is 0 Å². The highest BCUT2D eigenvalue weighted by Crippen LogP contribution is 2.35. The molecular formula is C87H108N12O17. The molecule has 0 amide bonds. The number of hydrogen-bond donors (Lipinski definition) is 4. The molecule has 0 saturated heterocycles. The van der Waals surface area contributed by atoms with Gasteiger partial charge in [0.2, 0.25) is 0 Å². The lowest BCUT2D eigenvalue weighted by atomic mass is 9.92. The fourth-order valence-electron chi connectivity index (χ4n) is 14.6. The van der Waals surface area contributed by atoms with Crippen molar-refractivity contribution >= 4 is 111 Å². The number of fused-ring (bicyclic) bond motifs is 12. The first-order valence-corrected chi connectivity index (χ1v) is 39.5. The molecule has 0 saturated carbocycles. The minimum absolute atomic E-state index is 0.00299. The Morgan fingerprint density at radius 2 is 0.569 bits per heavy atom. The number of aryl methyl sites for hydroxylation is 3. The lowest BCUT2D eigenvalue weighted by molar-refractivity contribution is -0.130. The summed E-state index contributed by atoms with van der Waals surface area (Å²) < 4.78 is 63.3. The zero-order valence-electron chi connectivity index (χ0n) is 68.6. The molecule has 12 aromatic rings. The van der Waals surface area contributed by atoms with E-state index in [0.29, 0.717) is 96.8 Å². The number of aromatic nitrogens is 12. The van der Waals surface area contributed by atoms with Gasteiger partial charge in [0.1, 0.15) is 78.4 Å². The van der Waals surface area contributed by atoms with Crippen LogP contribution in [0.25, 0.3) is 87.7 Å². The van der Waals surface area contributed by atoms with Crippen LogP contribution in [0, 0.1) is 26.2 Å². The van der Waals surface area contributed by atoms with Gasteiger partial charge in [-0.1, -0.05) is 72.8 Å². The predicted molar refractivity (Wildman–Crippen MR) is 439 cm³/mol. The van der Waals surface area contributed by atoms with Crippen molar-refractivity contribution in [2.24, 2.45) is 5.41 Å². The SMILES string of the molecule is CCOCc1nc2c(CC(=O)COCCOCC(COCCOCC(=O)Cc3nc4ccccc4c4c3nc(C)n4CC(C)(C)O)(COCCOCC(=O)Cc3nc4ccccc4c4c3nc(C)n4CC(C)(C)O)COCCOCC(=O)Cc3nc4ccccc4c4c3nc(C)n4CC(C)(C)O)nc3ccccc3c2n1CC(C)(C)O. The van der Waals surface area contributed by atoms with E-state index in [2.05, 4.69) is 0 Å². The zero-order chi connectivity index (χ0) is 82.7. The Morgan fingerprint density at radius 1 is 0.328 bits per heavy atom. The van der Waals surface area contributed by atoms with Gasteiger partial charge in [-0.25, -0.2) is 39.9 Å². The van der Waals surface area contributed by atoms with Crippen molar-refractivity contribution in [3.05, 3.63) is 143 Å². The number of para-hydroxylation sites is 4. The first-order chi connectivity index (χ1) is 55.3. The Morgan fingerprint density at radius 3 is 0.836 bits per heavy atom. The van der Waals surface area contributed by atoms with Gasteiger partial charge >= 0.3 is 0 Å². The van der Waals surface area contributed by atoms with Gasteiger partial charge in [0.15, 0.2) is 23.1 Å². The second-order valence-corrected chi connectivity index (χ2v) is 32.6.